The Hall–Kier alpha value is -1.01. The predicted octanol–water partition coefficient (Wildman–Crippen LogP) is 6.68. The van der Waals surface area contributed by atoms with Crippen molar-refractivity contribution < 1.29 is 9.94 Å². The normalized spacial score (nSPS) is 22.9. The molecule has 1 N–H and O–H groups in total. The molecule has 0 saturated heterocycles. The number of nitrogens with zero attached hydrogens (tertiary/aromatic N) is 1. The van der Waals surface area contributed by atoms with Crippen molar-refractivity contribution in [3.05, 3.63) is 58.1 Å². The molecule has 0 amide bonds. The van der Waals surface area contributed by atoms with Crippen molar-refractivity contribution in [1.82, 2.24) is 5.06 Å². The predicted molar refractivity (Wildman–Crippen MR) is 116 cm³/mol. The topological polar surface area (TPSA) is 32.7 Å². The van der Waals surface area contributed by atoms with Crippen LogP contribution in [0.1, 0.15) is 56.7 Å². The largest absolute Gasteiger partial charge is 0.496 e. The highest BCUT2D eigenvalue weighted by Crippen LogP contribution is 2.48. The third kappa shape index (κ3) is 4.07. The Morgan fingerprint density at radius 2 is 2.00 bits per heavy atom. The van der Waals surface area contributed by atoms with Crippen molar-refractivity contribution in [3.8, 4) is 5.75 Å². The lowest BCUT2D eigenvalue weighted by atomic mass is 9.87. The van der Waals surface area contributed by atoms with E-state index in [1.165, 1.54) is 4.90 Å². The summed E-state index contributed by atoms with van der Waals surface area (Å²) in [5.74, 6) is 1.69. The lowest BCUT2D eigenvalue weighted by Gasteiger charge is -2.42. The number of halogens is 1. The molecule has 0 fully saturated rings. The van der Waals surface area contributed by atoms with Crippen molar-refractivity contribution >= 4 is 27.7 Å². The Morgan fingerprint density at radius 1 is 1.26 bits per heavy atom. The first-order valence-corrected chi connectivity index (χ1v) is 11.4. The summed E-state index contributed by atoms with van der Waals surface area (Å²) >= 11 is 5.46. The summed E-state index contributed by atoms with van der Waals surface area (Å²) < 4.78 is 6.44. The Bertz CT molecular complexity index is 770. The number of thioether (sulfide) groups is 1. The van der Waals surface area contributed by atoms with Gasteiger partial charge in [-0.05, 0) is 52.0 Å². The highest BCUT2D eigenvalue weighted by atomic mass is 79.9. The van der Waals surface area contributed by atoms with E-state index in [0.29, 0.717) is 0 Å². The average Bonchev–Trinajstić information content (AvgIpc) is 2.81. The van der Waals surface area contributed by atoms with Crippen molar-refractivity contribution in [3.63, 3.8) is 0 Å². The quantitative estimate of drug-likeness (QED) is 0.532. The van der Waals surface area contributed by atoms with Crippen molar-refractivity contribution in [2.75, 3.05) is 12.9 Å². The van der Waals surface area contributed by atoms with Gasteiger partial charge in [0, 0.05) is 10.6 Å². The van der Waals surface area contributed by atoms with Crippen molar-refractivity contribution in [1.29, 1.82) is 0 Å². The number of rotatable bonds is 6. The molecule has 0 unspecified atom stereocenters. The molecule has 0 radical (unpaired) electrons. The van der Waals surface area contributed by atoms with E-state index in [0.717, 1.165) is 52.8 Å². The van der Waals surface area contributed by atoms with Crippen LogP contribution in [0.4, 0.5) is 0 Å². The maximum absolute atomic E-state index is 11.6. The van der Waals surface area contributed by atoms with Gasteiger partial charge in [-0.25, -0.2) is 0 Å². The van der Waals surface area contributed by atoms with E-state index in [2.05, 4.69) is 54.0 Å². The van der Waals surface area contributed by atoms with E-state index in [1.807, 2.05) is 30.0 Å². The summed E-state index contributed by atoms with van der Waals surface area (Å²) in [5, 5.41) is 13.2. The van der Waals surface area contributed by atoms with Gasteiger partial charge in [-0.15, -0.1) is 11.8 Å². The first-order valence-electron chi connectivity index (χ1n) is 9.59. The number of ether oxygens (including phenoxy) is 1. The zero-order valence-corrected chi connectivity index (χ0v) is 18.6. The number of unbranched alkanes of at least 4 members (excludes halogenated alkanes) is 1. The molecule has 0 aliphatic carbocycles. The summed E-state index contributed by atoms with van der Waals surface area (Å²) in [6.45, 7) is 4.40. The van der Waals surface area contributed by atoms with Crippen LogP contribution >= 0.6 is 27.7 Å². The Kier molecular flexibility index (Phi) is 6.90. The Morgan fingerprint density at radius 3 is 2.63 bits per heavy atom. The molecule has 1 heterocycles. The highest BCUT2D eigenvalue weighted by Gasteiger charge is 2.43. The molecular formula is C22H28BrNO2S. The Labute approximate surface area is 175 Å². The standard InChI is InChI=1S/C22H28BrNO2S/c1-4-6-12-22(5-2)15-27-20-14-19(26-3)18(23)13-17(20)21(24(22)25)16-10-8-7-9-11-16/h7-11,13-14,21,25H,4-6,12,15H2,1-3H3/t21-,22-/m1/s1. The molecule has 2 aromatic rings. The van der Waals surface area contributed by atoms with Gasteiger partial charge in [0.1, 0.15) is 5.75 Å². The minimum atomic E-state index is -0.250. The van der Waals surface area contributed by atoms with Gasteiger partial charge in [-0.3, -0.25) is 0 Å². The monoisotopic (exact) mass is 449 g/mol. The van der Waals surface area contributed by atoms with E-state index in [9.17, 15) is 5.21 Å². The molecule has 146 valence electrons. The SMILES string of the molecule is CCCC[C@]1(CC)CSc2cc(OC)c(Br)cc2[C@@H](c2ccccc2)N1O. The van der Waals surface area contributed by atoms with E-state index >= 15 is 0 Å². The summed E-state index contributed by atoms with van der Waals surface area (Å²) in [5.41, 5.74) is 1.98. The fourth-order valence-electron chi connectivity index (χ4n) is 3.82. The van der Waals surface area contributed by atoms with Crippen LogP contribution in [0.15, 0.2) is 51.8 Å². The maximum atomic E-state index is 11.6. The number of fused-ring (bicyclic) bond motifs is 1. The second-order valence-corrected chi connectivity index (χ2v) is 9.02. The minimum absolute atomic E-state index is 0.199. The van der Waals surface area contributed by atoms with Gasteiger partial charge in [-0.2, -0.15) is 5.06 Å². The molecular weight excluding hydrogens is 422 g/mol. The molecule has 3 nitrogen and oxygen atoms in total. The van der Waals surface area contributed by atoms with Gasteiger partial charge in [-0.1, -0.05) is 57.0 Å². The molecule has 27 heavy (non-hydrogen) atoms. The molecule has 0 aromatic heterocycles. The van der Waals surface area contributed by atoms with E-state index in [4.69, 9.17) is 4.74 Å². The lowest BCUT2D eigenvalue weighted by molar-refractivity contribution is -0.193. The first-order chi connectivity index (χ1) is 13.1. The average molecular weight is 450 g/mol. The van der Waals surface area contributed by atoms with E-state index < -0.39 is 0 Å². The molecule has 5 heteroatoms. The summed E-state index contributed by atoms with van der Waals surface area (Å²) in [6, 6.07) is 14.3. The van der Waals surface area contributed by atoms with Crippen molar-refractivity contribution in [2.45, 2.75) is 56.0 Å². The fraction of sp³-hybridized carbons (Fsp3) is 0.455. The molecule has 0 saturated carbocycles. The van der Waals surface area contributed by atoms with Crippen LogP contribution in [-0.4, -0.2) is 28.7 Å². The van der Waals surface area contributed by atoms with Gasteiger partial charge >= 0.3 is 0 Å². The van der Waals surface area contributed by atoms with Gasteiger partial charge in [0.25, 0.3) is 0 Å². The van der Waals surface area contributed by atoms with Crippen LogP contribution < -0.4 is 4.74 Å². The minimum Gasteiger partial charge on any atom is -0.496 e. The highest BCUT2D eigenvalue weighted by molar-refractivity contribution is 9.10. The molecule has 2 aromatic carbocycles. The second-order valence-electron chi connectivity index (χ2n) is 7.15. The van der Waals surface area contributed by atoms with E-state index in [-0.39, 0.29) is 11.6 Å². The molecule has 0 bridgehead atoms. The molecule has 1 aliphatic heterocycles. The third-order valence-corrected chi connectivity index (χ3v) is 7.54. The molecule has 0 spiro atoms. The molecule has 3 rings (SSSR count). The van der Waals surface area contributed by atoms with Crippen LogP contribution in [0.25, 0.3) is 0 Å². The van der Waals surface area contributed by atoms with Crippen LogP contribution in [0, 0.1) is 0 Å². The van der Waals surface area contributed by atoms with Gasteiger partial charge < -0.3 is 9.94 Å². The first kappa shape index (κ1) is 20.7. The molecule has 1 aliphatic rings. The van der Waals surface area contributed by atoms with Crippen LogP contribution in [-0.2, 0) is 0 Å². The van der Waals surface area contributed by atoms with Gasteiger partial charge in [0.15, 0.2) is 0 Å². The van der Waals surface area contributed by atoms with Crippen LogP contribution in [0.2, 0.25) is 0 Å². The van der Waals surface area contributed by atoms with Crippen LogP contribution in [0.5, 0.6) is 5.75 Å². The number of hydroxylamine groups is 2. The van der Waals surface area contributed by atoms with Crippen LogP contribution in [0.3, 0.4) is 0 Å². The number of benzene rings is 2. The summed E-state index contributed by atoms with van der Waals surface area (Å²) in [7, 11) is 1.69. The lowest BCUT2D eigenvalue weighted by Crippen LogP contribution is -2.49. The zero-order chi connectivity index (χ0) is 19.4. The van der Waals surface area contributed by atoms with Crippen molar-refractivity contribution in [2.24, 2.45) is 0 Å². The second kappa shape index (κ2) is 8.99. The third-order valence-electron chi connectivity index (χ3n) is 5.57. The van der Waals surface area contributed by atoms with E-state index in [1.54, 1.807) is 12.2 Å². The smallest absolute Gasteiger partial charge is 0.134 e. The summed E-state index contributed by atoms with van der Waals surface area (Å²) in [4.78, 5) is 1.18. The number of methoxy groups -OCH3 is 1. The fourth-order valence-corrected chi connectivity index (χ4v) is 5.77. The summed E-state index contributed by atoms with van der Waals surface area (Å²) in [6.07, 6.45) is 4.13. The molecule has 2 atom stereocenters. The zero-order valence-electron chi connectivity index (χ0n) is 16.2. The van der Waals surface area contributed by atoms with Gasteiger partial charge in [0.05, 0.1) is 23.2 Å². The van der Waals surface area contributed by atoms with Gasteiger partial charge in [0.2, 0.25) is 0 Å². The maximum Gasteiger partial charge on any atom is 0.134 e. The number of hydrogen-bond donors (Lipinski definition) is 1. The Balaban J connectivity index is 2.16. The number of hydrogen-bond acceptors (Lipinski definition) is 4.